The maximum absolute atomic E-state index is 11.8. The molecule has 0 saturated heterocycles. The van der Waals surface area contributed by atoms with Gasteiger partial charge in [-0.05, 0) is 32.9 Å². The van der Waals surface area contributed by atoms with Gasteiger partial charge in [0.25, 0.3) is 0 Å². The van der Waals surface area contributed by atoms with Crippen molar-refractivity contribution in [3.63, 3.8) is 0 Å². The topological polar surface area (TPSA) is 84.1 Å². The third-order valence-corrected chi connectivity index (χ3v) is 3.36. The fourth-order valence-electron chi connectivity index (χ4n) is 1.73. The molecule has 0 atom stereocenters. The molecule has 0 aliphatic carbocycles. The second-order valence-corrected chi connectivity index (χ2v) is 6.61. The van der Waals surface area contributed by atoms with E-state index >= 15 is 0 Å². The van der Waals surface area contributed by atoms with Crippen LogP contribution in [0.25, 0.3) is 11.4 Å². The Hall–Kier alpha value is -2.15. The van der Waals surface area contributed by atoms with Crippen molar-refractivity contribution in [3.8, 4) is 11.4 Å². The van der Waals surface area contributed by atoms with Crippen LogP contribution in [0.15, 0.2) is 23.7 Å². The van der Waals surface area contributed by atoms with Gasteiger partial charge in [0.15, 0.2) is 5.13 Å². The zero-order valence-corrected chi connectivity index (χ0v) is 13.6. The number of ether oxygens (including phenoxy) is 1. The van der Waals surface area contributed by atoms with E-state index in [1.54, 1.807) is 20.8 Å². The van der Waals surface area contributed by atoms with Crippen LogP contribution in [0.1, 0.15) is 33.6 Å². The number of carbonyl (C=O) groups is 2. The molecule has 0 bridgehead atoms. The van der Waals surface area contributed by atoms with E-state index in [1.807, 2.05) is 23.7 Å². The number of nitrogens with zero attached hydrogens (tertiary/aromatic N) is 1. The fraction of sp³-hybridized carbons (Fsp3) is 0.400. The molecule has 2 aromatic rings. The monoisotopic (exact) mass is 321 g/mol. The predicted molar refractivity (Wildman–Crippen MR) is 85.6 cm³/mol. The highest BCUT2D eigenvalue weighted by Crippen LogP contribution is 2.23. The Balaban J connectivity index is 1.81. The summed E-state index contributed by atoms with van der Waals surface area (Å²) in [6.07, 6.45) is 1.94. The average Bonchev–Trinajstić information content (AvgIpc) is 3.04. The highest BCUT2D eigenvalue weighted by Gasteiger charge is 2.17. The molecule has 0 aliphatic rings. The second kappa shape index (κ2) is 6.74. The van der Waals surface area contributed by atoms with Crippen molar-refractivity contribution in [1.82, 2.24) is 9.97 Å². The summed E-state index contributed by atoms with van der Waals surface area (Å²) in [5.41, 5.74) is 1.14. The number of nitrogens with one attached hydrogen (secondary N) is 2. The lowest BCUT2D eigenvalue weighted by Gasteiger charge is -2.19. The lowest BCUT2D eigenvalue weighted by Crippen LogP contribution is -2.24. The summed E-state index contributed by atoms with van der Waals surface area (Å²) in [6, 6.07) is 3.79. The summed E-state index contributed by atoms with van der Waals surface area (Å²) < 4.78 is 5.16. The van der Waals surface area contributed by atoms with Gasteiger partial charge in [-0.15, -0.1) is 11.3 Å². The van der Waals surface area contributed by atoms with Gasteiger partial charge in [0.2, 0.25) is 5.91 Å². The van der Waals surface area contributed by atoms with Gasteiger partial charge in [-0.2, -0.15) is 0 Å². The van der Waals surface area contributed by atoms with Crippen molar-refractivity contribution in [2.75, 3.05) is 5.32 Å². The largest absolute Gasteiger partial charge is 0.460 e. The summed E-state index contributed by atoms with van der Waals surface area (Å²) in [5.74, 6) is -0.632. The summed E-state index contributed by atoms with van der Waals surface area (Å²) in [5, 5.41) is 5.06. The van der Waals surface area contributed by atoms with Gasteiger partial charge in [0.05, 0.1) is 17.8 Å². The molecule has 2 heterocycles. The number of H-pyrrole nitrogens is 1. The Kier molecular flexibility index (Phi) is 4.97. The molecular formula is C15H19N3O3S. The molecule has 0 aromatic carbocycles. The van der Waals surface area contributed by atoms with Crippen LogP contribution in [0.5, 0.6) is 0 Å². The Morgan fingerprint density at radius 2 is 2.14 bits per heavy atom. The number of aromatic nitrogens is 2. The van der Waals surface area contributed by atoms with Gasteiger partial charge < -0.3 is 15.0 Å². The molecule has 0 aliphatic heterocycles. The minimum Gasteiger partial charge on any atom is -0.460 e. The van der Waals surface area contributed by atoms with Gasteiger partial charge in [-0.1, -0.05) is 0 Å². The molecule has 2 N–H and O–H groups in total. The normalized spacial score (nSPS) is 11.2. The number of anilines is 1. The van der Waals surface area contributed by atoms with Crippen molar-refractivity contribution in [2.45, 2.75) is 39.2 Å². The summed E-state index contributed by atoms with van der Waals surface area (Å²) in [4.78, 5) is 30.7. The van der Waals surface area contributed by atoms with Crippen LogP contribution in [0.4, 0.5) is 5.13 Å². The quantitative estimate of drug-likeness (QED) is 0.828. The lowest BCUT2D eigenvalue weighted by molar-refractivity contribution is -0.155. The highest BCUT2D eigenvalue weighted by molar-refractivity contribution is 7.14. The number of amides is 1. The molecule has 1 amide bonds. The van der Waals surface area contributed by atoms with E-state index in [0.29, 0.717) is 5.13 Å². The standard InChI is InChI=1S/C15H19N3O3S/c1-15(2,3)21-13(20)7-6-12(19)18-14-17-11(9-22-14)10-5-4-8-16-10/h4-5,8-9,16H,6-7H2,1-3H3,(H,17,18,19). The van der Waals surface area contributed by atoms with Crippen LogP contribution in [0.2, 0.25) is 0 Å². The molecule has 0 fully saturated rings. The van der Waals surface area contributed by atoms with Crippen LogP contribution >= 0.6 is 11.3 Å². The first kappa shape index (κ1) is 16.2. The van der Waals surface area contributed by atoms with E-state index in [9.17, 15) is 9.59 Å². The average molecular weight is 321 g/mol. The summed E-state index contributed by atoms with van der Waals surface area (Å²) in [6.45, 7) is 5.38. The highest BCUT2D eigenvalue weighted by atomic mass is 32.1. The minimum atomic E-state index is -0.534. The first-order valence-corrected chi connectivity index (χ1v) is 7.82. The first-order valence-electron chi connectivity index (χ1n) is 6.94. The molecule has 0 unspecified atom stereocenters. The van der Waals surface area contributed by atoms with Crippen LogP contribution in [-0.4, -0.2) is 27.4 Å². The number of rotatable bonds is 5. The Morgan fingerprint density at radius 1 is 1.36 bits per heavy atom. The lowest BCUT2D eigenvalue weighted by atomic mass is 10.2. The van der Waals surface area contributed by atoms with Gasteiger partial charge in [0, 0.05) is 18.0 Å². The zero-order chi connectivity index (χ0) is 16.2. The van der Waals surface area contributed by atoms with Crippen molar-refractivity contribution in [2.24, 2.45) is 0 Å². The molecule has 7 heteroatoms. The van der Waals surface area contributed by atoms with E-state index in [2.05, 4.69) is 15.3 Å². The number of aromatic amines is 1. The second-order valence-electron chi connectivity index (χ2n) is 5.76. The van der Waals surface area contributed by atoms with Crippen molar-refractivity contribution in [1.29, 1.82) is 0 Å². The predicted octanol–water partition coefficient (Wildman–Crippen LogP) is 3.20. The SMILES string of the molecule is CC(C)(C)OC(=O)CCC(=O)Nc1nc(-c2ccc[nH]2)cs1. The molecule has 6 nitrogen and oxygen atoms in total. The molecule has 0 spiro atoms. The van der Waals surface area contributed by atoms with Crippen LogP contribution in [0, 0.1) is 0 Å². The molecule has 2 aromatic heterocycles. The summed E-state index contributed by atoms with van der Waals surface area (Å²) in [7, 11) is 0. The zero-order valence-electron chi connectivity index (χ0n) is 12.8. The molecule has 2 rings (SSSR count). The minimum absolute atomic E-state index is 0.0535. The number of hydrogen-bond acceptors (Lipinski definition) is 5. The number of carbonyl (C=O) groups excluding carboxylic acids is 2. The molecule has 22 heavy (non-hydrogen) atoms. The van der Waals surface area contributed by atoms with E-state index < -0.39 is 5.60 Å². The number of esters is 1. The molecule has 118 valence electrons. The fourth-order valence-corrected chi connectivity index (χ4v) is 2.46. The third-order valence-electron chi connectivity index (χ3n) is 2.60. The van der Waals surface area contributed by atoms with Crippen LogP contribution < -0.4 is 5.32 Å². The smallest absolute Gasteiger partial charge is 0.306 e. The maximum atomic E-state index is 11.8. The van der Waals surface area contributed by atoms with Gasteiger partial charge in [-0.25, -0.2) is 4.98 Å². The summed E-state index contributed by atoms with van der Waals surface area (Å²) >= 11 is 1.34. The van der Waals surface area contributed by atoms with Crippen LogP contribution in [-0.2, 0) is 14.3 Å². The van der Waals surface area contributed by atoms with E-state index in [-0.39, 0.29) is 24.7 Å². The Bertz CT molecular complexity index is 641. The molecular weight excluding hydrogens is 302 g/mol. The Labute approximate surface area is 132 Å². The van der Waals surface area contributed by atoms with E-state index in [1.165, 1.54) is 11.3 Å². The number of thiazole rings is 1. The molecule has 0 radical (unpaired) electrons. The van der Waals surface area contributed by atoms with Crippen molar-refractivity contribution < 1.29 is 14.3 Å². The van der Waals surface area contributed by atoms with Gasteiger partial charge in [-0.3, -0.25) is 9.59 Å². The van der Waals surface area contributed by atoms with Crippen molar-refractivity contribution in [3.05, 3.63) is 23.7 Å². The van der Waals surface area contributed by atoms with Crippen LogP contribution in [0.3, 0.4) is 0 Å². The van der Waals surface area contributed by atoms with Gasteiger partial charge in [0.1, 0.15) is 5.60 Å². The van der Waals surface area contributed by atoms with E-state index in [4.69, 9.17) is 4.74 Å². The number of hydrogen-bond donors (Lipinski definition) is 2. The first-order chi connectivity index (χ1) is 10.3. The third kappa shape index (κ3) is 5.00. The van der Waals surface area contributed by atoms with Gasteiger partial charge >= 0.3 is 5.97 Å². The molecule has 0 saturated carbocycles. The van der Waals surface area contributed by atoms with E-state index in [0.717, 1.165) is 11.4 Å². The maximum Gasteiger partial charge on any atom is 0.306 e. The van der Waals surface area contributed by atoms with Crippen molar-refractivity contribution >= 4 is 28.3 Å². The Morgan fingerprint density at radius 3 is 2.77 bits per heavy atom.